The Bertz CT molecular complexity index is 572. The van der Waals surface area contributed by atoms with Crippen LogP contribution in [0.25, 0.3) is 0 Å². The molecule has 0 unspecified atom stereocenters. The molecule has 1 saturated carbocycles. The molecular formula is C19H32N4O2. The molecule has 1 aliphatic carbocycles. The molecule has 140 valence electrons. The summed E-state index contributed by atoms with van der Waals surface area (Å²) < 4.78 is 2.08. The molecule has 1 N–H and O–H groups in total. The van der Waals surface area contributed by atoms with Crippen LogP contribution in [0.2, 0.25) is 0 Å². The van der Waals surface area contributed by atoms with E-state index in [1.54, 1.807) is 6.20 Å². The van der Waals surface area contributed by atoms with Crippen LogP contribution in [0.5, 0.6) is 0 Å². The maximum Gasteiger partial charge on any atom is 0.257 e. The number of aliphatic hydroxyl groups is 1. The van der Waals surface area contributed by atoms with Crippen molar-refractivity contribution in [2.45, 2.75) is 64.0 Å². The van der Waals surface area contributed by atoms with Gasteiger partial charge in [0.2, 0.25) is 0 Å². The highest BCUT2D eigenvalue weighted by Gasteiger charge is 2.28. The summed E-state index contributed by atoms with van der Waals surface area (Å²) in [5.74, 6) is 0.137. The van der Waals surface area contributed by atoms with Crippen LogP contribution < -0.4 is 0 Å². The highest BCUT2D eigenvalue weighted by molar-refractivity contribution is 5.95. The van der Waals surface area contributed by atoms with Gasteiger partial charge in [-0.15, -0.1) is 0 Å². The van der Waals surface area contributed by atoms with E-state index in [4.69, 9.17) is 5.11 Å². The van der Waals surface area contributed by atoms with E-state index >= 15 is 0 Å². The zero-order chi connectivity index (χ0) is 17.8. The minimum Gasteiger partial charge on any atom is -0.396 e. The highest BCUT2D eigenvalue weighted by Crippen LogP contribution is 2.31. The molecule has 1 aromatic heterocycles. The molecule has 25 heavy (non-hydrogen) atoms. The molecule has 6 heteroatoms. The average molecular weight is 348 g/mol. The first-order valence-corrected chi connectivity index (χ1v) is 9.76. The number of aliphatic hydroxyl groups excluding tert-OH is 1. The zero-order valence-electron chi connectivity index (χ0n) is 15.7. The molecule has 2 aliphatic rings. The summed E-state index contributed by atoms with van der Waals surface area (Å²) in [6, 6.07) is 0.991. The van der Waals surface area contributed by atoms with Gasteiger partial charge < -0.3 is 14.9 Å². The molecule has 6 nitrogen and oxygen atoms in total. The molecule has 1 aromatic rings. The highest BCUT2D eigenvalue weighted by atomic mass is 16.3. The maximum atomic E-state index is 12.9. The summed E-state index contributed by atoms with van der Waals surface area (Å²) >= 11 is 0. The number of hydrogen-bond donors (Lipinski definition) is 1. The first-order chi connectivity index (χ1) is 12.1. The third kappa shape index (κ3) is 4.06. The number of aromatic nitrogens is 2. The molecule has 1 amide bonds. The SMILES string of the molecule is Cc1c(C(=O)N2CCC(N(C)CCCO)CC2)cnn1C1CCCC1. The number of amides is 1. The van der Waals surface area contributed by atoms with Gasteiger partial charge in [-0.2, -0.15) is 5.10 Å². The zero-order valence-corrected chi connectivity index (χ0v) is 15.7. The van der Waals surface area contributed by atoms with Gasteiger partial charge in [-0.3, -0.25) is 9.48 Å². The molecule has 1 aliphatic heterocycles. The quantitative estimate of drug-likeness (QED) is 0.856. The molecule has 0 atom stereocenters. The van der Waals surface area contributed by atoms with Crippen molar-refractivity contribution in [3.63, 3.8) is 0 Å². The van der Waals surface area contributed by atoms with Crippen LogP contribution in [-0.2, 0) is 0 Å². The van der Waals surface area contributed by atoms with Gasteiger partial charge >= 0.3 is 0 Å². The van der Waals surface area contributed by atoms with Crippen molar-refractivity contribution in [1.29, 1.82) is 0 Å². The van der Waals surface area contributed by atoms with Crippen molar-refractivity contribution in [3.8, 4) is 0 Å². The second-order valence-electron chi connectivity index (χ2n) is 7.61. The van der Waals surface area contributed by atoms with Gasteiger partial charge in [0, 0.05) is 38.0 Å². The van der Waals surface area contributed by atoms with E-state index in [9.17, 15) is 4.79 Å². The largest absolute Gasteiger partial charge is 0.396 e. The van der Waals surface area contributed by atoms with Crippen LogP contribution in [-0.4, -0.2) is 69.9 Å². The van der Waals surface area contributed by atoms with Crippen LogP contribution in [0.3, 0.4) is 0 Å². The lowest BCUT2D eigenvalue weighted by Crippen LogP contribution is -2.46. The van der Waals surface area contributed by atoms with Crippen LogP contribution in [0, 0.1) is 6.92 Å². The minimum absolute atomic E-state index is 0.137. The van der Waals surface area contributed by atoms with E-state index < -0.39 is 0 Å². The molecule has 3 rings (SSSR count). The lowest BCUT2D eigenvalue weighted by molar-refractivity contribution is 0.0640. The van der Waals surface area contributed by atoms with Crippen LogP contribution in [0.15, 0.2) is 6.20 Å². The van der Waals surface area contributed by atoms with E-state index in [-0.39, 0.29) is 12.5 Å². The van der Waals surface area contributed by atoms with E-state index in [2.05, 4.69) is 21.7 Å². The summed E-state index contributed by atoms with van der Waals surface area (Å²) in [5, 5.41) is 13.5. The van der Waals surface area contributed by atoms with E-state index in [1.165, 1.54) is 25.7 Å². The van der Waals surface area contributed by atoms with Gasteiger partial charge in [-0.25, -0.2) is 0 Å². The standard InChI is InChI=1S/C19H32N4O2/c1-15-18(14-20-23(15)17-6-3-4-7-17)19(25)22-11-8-16(9-12-22)21(2)10-5-13-24/h14,16-17,24H,3-13H2,1-2H3. The fourth-order valence-electron chi connectivity index (χ4n) is 4.33. The Morgan fingerprint density at radius 2 is 1.96 bits per heavy atom. The smallest absolute Gasteiger partial charge is 0.257 e. The van der Waals surface area contributed by atoms with E-state index in [1.807, 2.05) is 11.8 Å². The minimum atomic E-state index is 0.137. The summed E-state index contributed by atoms with van der Waals surface area (Å²) in [4.78, 5) is 17.2. The summed E-state index contributed by atoms with van der Waals surface area (Å²) in [6.07, 6.45) is 9.50. The Balaban J connectivity index is 1.58. The second kappa shape index (κ2) is 8.32. The summed E-state index contributed by atoms with van der Waals surface area (Å²) in [5.41, 5.74) is 1.80. The molecule has 0 spiro atoms. The number of carbonyl (C=O) groups excluding carboxylic acids is 1. The van der Waals surface area contributed by atoms with E-state index in [0.717, 1.165) is 50.2 Å². The monoisotopic (exact) mass is 348 g/mol. The second-order valence-corrected chi connectivity index (χ2v) is 7.61. The molecular weight excluding hydrogens is 316 g/mol. The van der Waals surface area contributed by atoms with Crippen molar-refractivity contribution in [2.24, 2.45) is 0 Å². The number of piperidine rings is 1. The third-order valence-corrected chi connectivity index (χ3v) is 5.99. The van der Waals surface area contributed by atoms with Gasteiger partial charge in [0.05, 0.1) is 17.8 Å². The Morgan fingerprint density at radius 1 is 1.28 bits per heavy atom. The summed E-state index contributed by atoms with van der Waals surface area (Å²) in [7, 11) is 2.12. The van der Waals surface area contributed by atoms with Gasteiger partial charge in [0.25, 0.3) is 5.91 Å². The van der Waals surface area contributed by atoms with Gasteiger partial charge in [0.15, 0.2) is 0 Å². The molecule has 0 bridgehead atoms. The molecule has 0 aromatic carbocycles. The van der Waals surface area contributed by atoms with Crippen LogP contribution in [0.1, 0.15) is 67.0 Å². The predicted octanol–water partition coefficient (Wildman–Crippen LogP) is 2.23. The molecule has 2 heterocycles. The number of likely N-dealkylation sites (tertiary alicyclic amines) is 1. The number of nitrogens with zero attached hydrogens (tertiary/aromatic N) is 4. The fourth-order valence-corrected chi connectivity index (χ4v) is 4.33. The van der Waals surface area contributed by atoms with Gasteiger partial charge in [-0.1, -0.05) is 12.8 Å². The Morgan fingerprint density at radius 3 is 2.60 bits per heavy atom. The van der Waals surface area contributed by atoms with E-state index in [0.29, 0.717) is 12.1 Å². The first kappa shape index (κ1) is 18.4. The molecule has 1 saturated heterocycles. The molecule has 0 radical (unpaired) electrons. The Kier molecular flexibility index (Phi) is 6.12. The normalized spacial score (nSPS) is 19.9. The van der Waals surface area contributed by atoms with Crippen LogP contribution in [0.4, 0.5) is 0 Å². The maximum absolute atomic E-state index is 12.9. The van der Waals surface area contributed by atoms with Crippen molar-refractivity contribution in [1.82, 2.24) is 19.6 Å². The van der Waals surface area contributed by atoms with Gasteiger partial charge in [0.1, 0.15) is 0 Å². The summed E-state index contributed by atoms with van der Waals surface area (Å²) in [6.45, 7) is 4.81. The Hall–Kier alpha value is -1.40. The average Bonchev–Trinajstić information content (AvgIpc) is 3.28. The Labute approximate surface area is 150 Å². The number of rotatable bonds is 6. The first-order valence-electron chi connectivity index (χ1n) is 9.76. The molecule has 2 fully saturated rings. The van der Waals surface area contributed by atoms with Crippen molar-refractivity contribution >= 4 is 5.91 Å². The lowest BCUT2D eigenvalue weighted by Gasteiger charge is -2.36. The van der Waals surface area contributed by atoms with Crippen molar-refractivity contribution in [2.75, 3.05) is 33.3 Å². The topological polar surface area (TPSA) is 61.6 Å². The number of carbonyl (C=O) groups is 1. The van der Waals surface area contributed by atoms with Crippen molar-refractivity contribution < 1.29 is 9.90 Å². The van der Waals surface area contributed by atoms with Crippen molar-refractivity contribution in [3.05, 3.63) is 17.5 Å². The van der Waals surface area contributed by atoms with Crippen LogP contribution >= 0.6 is 0 Å². The third-order valence-electron chi connectivity index (χ3n) is 5.99. The van der Waals surface area contributed by atoms with Gasteiger partial charge in [-0.05, 0) is 46.1 Å². The fraction of sp³-hybridized carbons (Fsp3) is 0.789. The lowest BCUT2D eigenvalue weighted by atomic mass is 10.0. The predicted molar refractivity (Wildman–Crippen MR) is 97.7 cm³/mol. The number of hydrogen-bond acceptors (Lipinski definition) is 4.